The van der Waals surface area contributed by atoms with Gasteiger partial charge in [0.1, 0.15) is 0 Å². The van der Waals surface area contributed by atoms with Crippen molar-refractivity contribution < 1.29 is 0 Å². The maximum atomic E-state index is 2.30. The van der Waals surface area contributed by atoms with Crippen molar-refractivity contribution in [2.24, 2.45) is 5.92 Å². The van der Waals surface area contributed by atoms with Gasteiger partial charge >= 0.3 is 0 Å². The standard InChI is InChI=1S/C12H19/c1-7-8(2)10(4)12(6)11(5)9(7)3/h7H,1-6H3. The Balaban J connectivity index is 3.13. The lowest BCUT2D eigenvalue weighted by molar-refractivity contribution is 0.742. The Labute approximate surface area is 76.4 Å². The van der Waals surface area contributed by atoms with Crippen molar-refractivity contribution in [1.29, 1.82) is 0 Å². The fraction of sp³-hybridized carbons (Fsp3) is 0.583. The average Bonchev–Trinajstić information content (AvgIpc) is 2.08. The molecule has 0 aliphatic heterocycles. The van der Waals surface area contributed by atoms with Crippen molar-refractivity contribution in [3.8, 4) is 0 Å². The van der Waals surface area contributed by atoms with Crippen LogP contribution in [0.2, 0.25) is 0 Å². The normalized spacial score (nSPS) is 22.5. The molecular weight excluding hydrogens is 144 g/mol. The summed E-state index contributed by atoms with van der Waals surface area (Å²) >= 11 is 0. The second-order valence-electron chi connectivity index (χ2n) is 3.96. The zero-order valence-corrected chi connectivity index (χ0v) is 9.08. The molecule has 0 atom stereocenters. The highest BCUT2D eigenvalue weighted by Gasteiger charge is 2.22. The Morgan fingerprint density at radius 3 is 1.42 bits per heavy atom. The summed E-state index contributed by atoms with van der Waals surface area (Å²) in [6, 6.07) is 0. The van der Waals surface area contributed by atoms with Gasteiger partial charge < -0.3 is 0 Å². The Bertz CT molecular complexity index is 201. The van der Waals surface area contributed by atoms with Crippen LogP contribution in [-0.4, -0.2) is 0 Å². The van der Waals surface area contributed by atoms with Crippen LogP contribution in [0.1, 0.15) is 41.5 Å². The minimum Gasteiger partial charge on any atom is -0.0666 e. The largest absolute Gasteiger partial charge is 0.0666 e. The molecule has 0 unspecified atom stereocenters. The van der Waals surface area contributed by atoms with Crippen molar-refractivity contribution in [3.63, 3.8) is 0 Å². The van der Waals surface area contributed by atoms with Gasteiger partial charge in [0, 0.05) is 5.92 Å². The number of allylic oxidation sites excluding steroid dienone is 4. The molecule has 1 radical (unpaired) electrons. The maximum Gasteiger partial charge on any atom is 0.0220 e. The molecule has 0 nitrogen and oxygen atoms in total. The summed E-state index contributed by atoms with van der Waals surface area (Å²) in [6.45, 7) is 13.5. The van der Waals surface area contributed by atoms with Gasteiger partial charge in [-0.3, -0.25) is 0 Å². The number of rotatable bonds is 0. The second kappa shape index (κ2) is 3.08. The van der Waals surface area contributed by atoms with E-state index in [9.17, 15) is 0 Å². The van der Waals surface area contributed by atoms with Crippen LogP contribution in [0.3, 0.4) is 0 Å². The van der Waals surface area contributed by atoms with Gasteiger partial charge in [0.05, 0.1) is 0 Å². The molecule has 0 saturated carbocycles. The lowest BCUT2D eigenvalue weighted by Gasteiger charge is -2.29. The zero-order chi connectivity index (χ0) is 9.46. The van der Waals surface area contributed by atoms with Gasteiger partial charge in [-0.25, -0.2) is 0 Å². The van der Waals surface area contributed by atoms with Crippen molar-refractivity contribution in [1.82, 2.24) is 0 Å². The van der Waals surface area contributed by atoms with Gasteiger partial charge in [-0.2, -0.15) is 0 Å². The van der Waals surface area contributed by atoms with Crippen LogP contribution in [0.25, 0.3) is 0 Å². The molecule has 0 heteroatoms. The second-order valence-corrected chi connectivity index (χ2v) is 3.96. The molecule has 67 valence electrons. The highest BCUT2D eigenvalue weighted by atomic mass is 14.3. The molecule has 1 aliphatic rings. The number of hydrogen-bond acceptors (Lipinski definition) is 0. The topological polar surface area (TPSA) is 0 Å². The summed E-state index contributed by atoms with van der Waals surface area (Å²) < 4.78 is 0. The van der Waals surface area contributed by atoms with E-state index in [-0.39, 0.29) is 0 Å². The fourth-order valence-corrected chi connectivity index (χ4v) is 1.85. The zero-order valence-electron chi connectivity index (χ0n) is 9.08. The van der Waals surface area contributed by atoms with Crippen LogP contribution in [0.4, 0.5) is 0 Å². The van der Waals surface area contributed by atoms with E-state index in [0.717, 1.165) is 0 Å². The van der Waals surface area contributed by atoms with Crippen LogP contribution < -0.4 is 0 Å². The first kappa shape index (κ1) is 9.57. The van der Waals surface area contributed by atoms with Crippen LogP contribution in [0, 0.1) is 11.8 Å². The molecule has 0 aromatic rings. The monoisotopic (exact) mass is 163 g/mol. The summed E-state index contributed by atoms with van der Waals surface area (Å²) in [7, 11) is 0. The quantitative estimate of drug-likeness (QED) is 0.508. The Hall–Kier alpha value is -0.520. The van der Waals surface area contributed by atoms with Crippen LogP contribution in [0.5, 0.6) is 0 Å². The van der Waals surface area contributed by atoms with E-state index in [0.29, 0.717) is 5.92 Å². The predicted octanol–water partition coefficient (Wildman–Crippen LogP) is 3.90. The number of hydrogen-bond donors (Lipinski definition) is 0. The van der Waals surface area contributed by atoms with Gasteiger partial charge in [0.2, 0.25) is 0 Å². The molecule has 1 aliphatic carbocycles. The van der Waals surface area contributed by atoms with Gasteiger partial charge in [-0.1, -0.05) is 36.1 Å². The van der Waals surface area contributed by atoms with Crippen molar-refractivity contribution in [2.75, 3.05) is 0 Å². The van der Waals surface area contributed by atoms with E-state index in [1.54, 1.807) is 0 Å². The smallest absolute Gasteiger partial charge is 0.0220 e. The molecule has 0 spiro atoms. The van der Waals surface area contributed by atoms with Crippen molar-refractivity contribution in [2.45, 2.75) is 41.5 Å². The van der Waals surface area contributed by atoms with Crippen LogP contribution in [0.15, 0.2) is 22.3 Å². The van der Waals surface area contributed by atoms with E-state index in [1.165, 1.54) is 28.2 Å². The van der Waals surface area contributed by atoms with E-state index in [4.69, 9.17) is 0 Å². The van der Waals surface area contributed by atoms with Gasteiger partial charge in [-0.05, 0) is 33.6 Å². The molecule has 12 heavy (non-hydrogen) atoms. The Kier molecular flexibility index (Phi) is 2.46. The van der Waals surface area contributed by atoms with E-state index in [2.05, 4.69) is 41.5 Å². The molecule has 0 saturated heterocycles. The molecule has 1 rings (SSSR count). The first-order valence-electron chi connectivity index (χ1n) is 4.65. The Morgan fingerprint density at radius 2 is 1.08 bits per heavy atom. The SMILES string of the molecule is C[C]1C(C)=C(C)C(C)C(C)=C1C. The first-order chi connectivity index (χ1) is 5.46. The minimum atomic E-state index is 0.647. The van der Waals surface area contributed by atoms with Gasteiger partial charge in [0.15, 0.2) is 0 Å². The van der Waals surface area contributed by atoms with E-state index < -0.39 is 0 Å². The molecule has 0 N–H and O–H groups in total. The third kappa shape index (κ3) is 1.24. The molecule has 0 bridgehead atoms. The molecule has 0 fully saturated rings. The van der Waals surface area contributed by atoms with Gasteiger partial charge in [0.25, 0.3) is 0 Å². The van der Waals surface area contributed by atoms with E-state index in [1.807, 2.05) is 0 Å². The lowest BCUT2D eigenvalue weighted by Crippen LogP contribution is -2.14. The summed E-state index contributed by atoms with van der Waals surface area (Å²) in [5, 5.41) is 0. The molecular formula is C12H19. The fourth-order valence-electron chi connectivity index (χ4n) is 1.85. The van der Waals surface area contributed by atoms with E-state index >= 15 is 0 Å². The van der Waals surface area contributed by atoms with Crippen molar-refractivity contribution >= 4 is 0 Å². The van der Waals surface area contributed by atoms with Crippen molar-refractivity contribution in [3.05, 3.63) is 28.2 Å². The third-order valence-electron chi connectivity index (χ3n) is 3.61. The lowest BCUT2D eigenvalue weighted by atomic mass is 9.76. The summed E-state index contributed by atoms with van der Waals surface area (Å²) in [5.74, 6) is 2.12. The minimum absolute atomic E-state index is 0.647. The summed E-state index contributed by atoms with van der Waals surface area (Å²) in [5.41, 5.74) is 6.06. The molecule has 0 aromatic carbocycles. The van der Waals surface area contributed by atoms with Crippen LogP contribution >= 0.6 is 0 Å². The summed E-state index contributed by atoms with van der Waals surface area (Å²) in [6.07, 6.45) is 0. The summed E-state index contributed by atoms with van der Waals surface area (Å²) in [4.78, 5) is 0. The predicted molar refractivity (Wildman–Crippen MR) is 54.8 cm³/mol. The Morgan fingerprint density at radius 1 is 0.750 bits per heavy atom. The first-order valence-corrected chi connectivity index (χ1v) is 4.65. The highest BCUT2D eigenvalue weighted by Crippen LogP contribution is 2.38. The molecule has 0 amide bonds. The maximum absolute atomic E-state index is 2.30. The molecule has 0 aromatic heterocycles. The highest BCUT2D eigenvalue weighted by molar-refractivity contribution is 5.48. The molecule has 0 heterocycles. The van der Waals surface area contributed by atoms with Crippen LogP contribution in [-0.2, 0) is 0 Å². The average molecular weight is 163 g/mol. The third-order valence-corrected chi connectivity index (χ3v) is 3.61. The van der Waals surface area contributed by atoms with Gasteiger partial charge in [-0.15, -0.1) is 0 Å².